The first-order chi connectivity index (χ1) is 12.1. The number of thiazole rings is 1. The maximum absolute atomic E-state index is 12.2. The standard InChI is InChI=1S/C15H15N7O2S/c1-8-11-4-9(6-17-13(11)21-20-8)18-12(23)5-10-7-25-15(19-10)22-3-2-16-14(22)24/h4,6-7H,2-3,5H2,1H3,(H,16,24)(H,18,23)(H,17,20,21). The van der Waals surface area contributed by atoms with Gasteiger partial charge < -0.3 is 10.6 Å². The molecule has 3 N–H and O–H groups in total. The number of rotatable bonds is 4. The molecule has 1 saturated heterocycles. The van der Waals surface area contributed by atoms with Gasteiger partial charge in [-0.15, -0.1) is 11.3 Å². The van der Waals surface area contributed by atoms with Crippen LogP contribution in [0.25, 0.3) is 11.0 Å². The molecule has 3 amide bonds. The molecule has 1 aliphatic rings. The average molecular weight is 357 g/mol. The lowest BCUT2D eigenvalue weighted by molar-refractivity contribution is -0.115. The molecule has 1 fully saturated rings. The zero-order valence-electron chi connectivity index (χ0n) is 13.4. The van der Waals surface area contributed by atoms with Crippen molar-refractivity contribution in [3.63, 3.8) is 0 Å². The predicted octanol–water partition coefficient (Wildman–Crippen LogP) is 1.43. The number of fused-ring (bicyclic) bond motifs is 1. The Hall–Kier alpha value is -3.01. The molecule has 4 heterocycles. The summed E-state index contributed by atoms with van der Waals surface area (Å²) >= 11 is 1.35. The molecule has 0 unspecified atom stereocenters. The molecule has 0 aromatic carbocycles. The summed E-state index contributed by atoms with van der Waals surface area (Å²) in [6, 6.07) is 1.68. The molecule has 10 heteroatoms. The Labute approximate surface area is 146 Å². The number of pyridine rings is 1. The van der Waals surface area contributed by atoms with Gasteiger partial charge in [-0.3, -0.25) is 14.8 Å². The van der Waals surface area contributed by atoms with Crippen LogP contribution in [0.4, 0.5) is 15.6 Å². The Bertz CT molecular complexity index is 964. The lowest BCUT2D eigenvalue weighted by Crippen LogP contribution is -2.27. The molecule has 0 aliphatic carbocycles. The van der Waals surface area contributed by atoms with Gasteiger partial charge in [0.1, 0.15) is 0 Å². The lowest BCUT2D eigenvalue weighted by atomic mass is 10.2. The number of aryl methyl sites for hydroxylation is 1. The van der Waals surface area contributed by atoms with Crippen molar-refractivity contribution in [3.05, 3.63) is 29.0 Å². The molecular formula is C15H15N7O2S. The molecule has 0 saturated carbocycles. The second-order valence-electron chi connectivity index (χ2n) is 5.67. The second kappa shape index (κ2) is 6.13. The molecule has 1 aliphatic heterocycles. The van der Waals surface area contributed by atoms with Gasteiger partial charge in [-0.05, 0) is 13.0 Å². The number of carbonyl (C=O) groups excluding carboxylic acids is 2. The van der Waals surface area contributed by atoms with Gasteiger partial charge in [0.15, 0.2) is 10.8 Å². The molecule has 25 heavy (non-hydrogen) atoms. The van der Waals surface area contributed by atoms with E-state index in [-0.39, 0.29) is 18.4 Å². The van der Waals surface area contributed by atoms with Crippen LogP contribution in [0.15, 0.2) is 17.6 Å². The summed E-state index contributed by atoms with van der Waals surface area (Å²) in [7, 11) is 0. The number of urea groups is 1. The summed E-state index contributed by atoms with van der Waals surface area (Å²) in [5, 5.41) is 15.7. The van der Waals surface area contributed by atoms with Crippen molar-refractivity contribution < 1.29 is 9.59 Å². The second-order valence-corrected chi connectivity index (χ2v) is 6.51. The molecule has 9 nitrogen and oxygen atoms in total. The van der Waals surface area contributed by atoms with Gasteiger partial charge >= 0.3 is 6.03 Å². The highest BCUT2D eigenvalue weighted by Gasteiger charge is 2.24. The van der Waals surface area contributed by atoms with E-state index in [2.05, 4.69) is 30.8 Å². The molecule has 3 aromatic rings. The normalized spacial score (nSPS) is 14.1. The van der Waals surface area contributed by atoms with E-state index in [0.29, 0.717) is 35.2 Å². The van der Waals surface area contributed by atoms with Crippen molar-refractivity contribution in [1.29, 1.82) is 0 Å². The van der Waals surface area contributed by atoms with Gasteiger partial charge in [0.25, 0.3) is 0 Å². The van der Waals surface area contributed by atoms with Crippen LogP contribution in [0.2, 0.25) is 0 Å². The number of nitrogens with zero attached hydrogens (tertiary/aromatic N) is 4. The largest absolute Gasteiger partial charge is 0.336 e. The SMILES string of the molecule is Cc1[nH]nc2ncc(NC(=O)Cc3csc(N4CCNC4=O)n3)cc12. The number of anilines is 2. The number of aromatic amines is 1. The highest BCUT2D eigenvalue weighted by molar-refractivity contribution is 7.14. The van der Waals surface area contributed by atoms with E-state index in [1.54, 1.807) is 16.5 Å². The Morgan fingerprint density at radius 1 is 1.48 bits per heavy atom. The predicted molar refractivity (Wildman–Crippen MR) is 93.8 cm³/mol. The molecule has 4 rings (SSSR count). The third-order valence-electron chi connectivity index (χ3n) is 3.85. The van der Waals surface area contributed by atoms with Crippen LogP contribution >= 0.6 is 11.3 Å². The van der Waals surface area contributed by atoms with E-state index in [1.807, 2.05) is 13.0 Å². The van der Waals surface area contributed by atoms with Crippen LogP contribution in [0, 0.1) is 6.92 Å². The van der Waals surface area contributed by atoms with Gasteiger partial charge in [-0.1, -0.05) is 0 Å². The van der Waals surface area contributed by atoms with Gasteiger partial charge in [0.2, 0.25) is 5.91 Å². The third kappa shape index (κ3) is 3.03. The zero-order valence-corrected chi connectivity index (χ0v) is 14.2. The number of carbonyl (C=O) groups is 2. The Morgan fingerprint density at radius 3 is 3.16 bits per heavy atom. The summed E-state index contributed by atoms with van der Waals surface area (Å²) in [4.78, 5) is 34.0. The minimum Gasteiger partial charge on any atom is -0.336 e. The summed E-state index contributed by atoms with van der Waals surface area (Å²) < 4.78 is 0. The average Bonchev–Trinajstić information content (AvgIpc) is 3.29. The van der Waals surface area contributed by atoms with Gasteiger partial charge in [-0.25, -0.2) is 14.8 Å². The van der Waals surface area contributed by atoms with Crippen molar-refractivity contribution in [2.75, 3.05) is 23.3 Å². The first kappa shape index (κ1) is 15.5. The van der Waals surface area contributed by atoms with Gasteiger partial charge in [-0.2, -0.15) is 5.10 Å². The number of nitrogens with one attached hydrogen (secondary N) is 3. The van der Waals surface area contributed by atoms with Gasteiger partial charge in [0, 0.05) is 29.5 Å². The van der Waals surface area contributed by atoms with Crippen LogP contribution in [0.5, 0.6) is 0 Å². The fourth-order valence-corrected chi connectivity index (χ4v) is 3.46. The van der Waals surface area contributed by atoms with E-state index in [0.717, 1.165) is 11.1 Å². The van der Waals surface area contributed by atoms with E-state index >= 15 is 0 Å². The maximum atomic E-state index is 12.2. The minimum absolute atomic E-state index is 0.133. The summed E-state index contributed by atoms with van der Waals surface area (Å²) in [6.45, 7) is 3.10. The van der Waals surface area contributed by atoms with E-state index < -0.39 is 0 Å². The molecule has 0 spiro atoms. The molecule has 128 valence electrons. The van der Waals surface area contributed by atoms with E-state index in [9.17, 15) is 9.59 Å². The van der Waals surface area contributed by atoms with Crippen molar-refractivity contribution >= 4 is 45.1 Å². The minimum atomic E-state index is -0.190. The highest BCUT2D eigenvalue weighted by atomic mass is 32.1. The third-order valence-corrected chi connectivity index (χ3v) is 4.77. The molecule has 0 atom stereocenters. The first-order valence-electron chi connectivity index (χ1n) is 7.70. The topological polar surface area (TPSA) is 116 Å². The summed E-state index contributed by atoms with van der Waals surface area (Å²) in [5.41, 5.74) is 2.75. The van der Waals surface area contributed by atoms with Crippen LogP contribution < -0.4 is 15.5 Å². The van der Waals surface area contributed by atoms with Gasteiger partial charge in [0.05, 0.1) is 24.0 Å². The fraction of sp³-hybridized carbons (Fsp3) is 0.267. The highest BCUT2D eigenvalue weighted by Crippen LogP contribution is 2.23. The molecular weight excluding hydrogens is 342 g/mol. The quantitative estimate of drug-likeness (QED) is 0.653. The summed E-state index contributed by atoms with van der Waals surface area (Å²) in [5.74, 6) is -0.190. The zero-order chi connectivity index (χ0) is 17.4. The van der Waals surface area contributed by atoms with Crippen molar-refractivity contribution in [3.8, 4) is 0 Å². The van der Waals surface area contributed by atoms with Crippen molar-refractivity contribution in [2.24, 2.45) is 0 Å². The van der Waals surface area contributed by atoms with Crippen molar-refractivity contribution in [2.45, 2.75) is 13.3 Å². The Kier molecular flexibility index (Phi) is 3.80. The molecule has 0 bridgehead atoms. The Balaban J connectivity index is 1.44. The monoisotopic (exact) mass is 357 g/mol. The summed E-state index contributed by atoms with van der Waals surface area (Å²) in [6.07, 6.45) is 1.70. The Morgan fingerprint density at radius 2 is 2.36 bits per heavy atom. The van der Waals surface area contributed by atoms with Crippen LogP contribution in [-0.4, -0.2) is 45.2 Å². The van der Waals surface area contributed by atoms with Crippen LogP contribution in [0.1, 0.15) is 11.4 Å². The smallest absolute Gasteiger partial charge is 0.323 e. The number of amides is 3. The lowest BCUT2D eigenvalue weighted by Gasteiger charge is -2.08. The van der Waals surface area contributed by atoms with Crippen LogP contribution in [-0.2, 0) is 11.2 Å². The number of hydrogen-bond donors (Lipinski definition) is 3. The fourth-order valence-electron chi connectivity index (χ4n) is 2.61. The molecule has 0 radical (unpaired) electrons. The first-order valence-corrected chi connectivity index (χ1v) is 8.58. The van der Waals surface area contributed by atoms with Crippen LogP contribution in [0.3, 0.4) is 0 Å². The number of aromatic nitrogens is 4. The van der Waals surface area contributed by atoms with E-state index in [1.165, 1.54) is 11.3 Å². The van der Waals surface area contributed by atoms with E-state index in [4.69, 9.17) is 0 Å². The van der Waals surface area contributed by atoms with Crippen molar-refractivity contribution in [1.82, 2.24) is 25.5 Å². The number of H-pyrrole nitrogens is 1. The molecule has 3 aromatic heterocycles. The maximum Gasteiger partial charge on any atom is 0.323 e. The number of hydrogen-bond acceptors (Lipinski definition) is 6.